The van der Waals surface area contributed by atoms with Gasteiger partial charge in [-0.3, -0.25) is 9.10 Å². The molecule has 0 atom stereocenters. The van der Waals surface area contributed by atoms with Gasteiger partial charge in [-0.2, -0.15) is 0 Å². The van der Waals surface area contributed by atoms with Gasteiger partial charge in [0.15, 0.2) is 0 Å². The summed E-state index contributed by atoms with van der Waals surface area (Å²) in [7, 11) is -3.46. The second-order valence-electron chi connectivity index (χ2n) is 8.00. The maximum Gasteiger partial charge on any atom is 0.255 e. The van der Waals surface area contributed by atoms with Gasteiger partial charge in [-0.05, 0) is 59.9 Å². The molecule has 0 bridgehead atoms. The monoisotopic (exact) mass is 436 g/mol. The van der Waals surface area contributed by atoms with Crippen LogP contribution in [-0.2, 0) is 16.6 Å². The zero-order chi connectivity index (χ0) is 22.6. The number of amides is 1. The Morgan fingerprint density at radius 3 is 2.26 bits per heavy atom. The molecule has 0 spiro atoms. The van der Waals surface area contributed by atoms with Crippen LogP contribution in [-0.4, -0.2) is 20.6 Å². The molecule has 5 nitrogen and oxygen atoms in total. The molecule has 0 saturated heterocycles. The zero-order valence-corrected chi connectivity index (χ0v) is 19.1. The summed E-state index contributed by atoms with van der Waals surface area (Å²) in [6.07, 6.45) is 1.20. The minimum absolute atomic E-state index is 0.195. The molecule has 162 valence electrons. The van der Waals surface area contributed by atoms with Crippen molar-refractivity contribution in [2.75, 3.05) is 15.9 Å². The van der Waals surface area contributed by atoms with Crippen LogP contribution in [0.15, 0.2) is 72.8 Å². The summed E-state index contributed by atoms with van der Waals surface area (Å²) < 4.78 is 26.1. The number of hydrogen-bond donors (Lipinski definition) is 1. The largest absolute Gasteiger partial charge is 0.322 e. The van der Waals surface area contributed by atoms with Gasteiger partial charge in [0.05, 0.1) is 18.5 Å². The molecule has 6 heteroatoms. The second kappa shape index (κ2) is 9.35. The number of hydrogen-bond acceptors (Lipinski definition) is 3. The minimum atomic E-state index is -3.46. The zero-order valence-electron chi connectivity index (χ0n) is 18.3. The van der Waals surface area contributed by atoms with Gasteiger partial charge in [0.25, 0.3) is 5.91 Å². The lowest BCUT2D eigenvalue weighted by Gasteiger charge is -2.23. The Hall–Kier alpha value is -3.12. The average molecular weight is 437 g/mol. The maximum atomic E-state index is 12.7. The third-order valence-corrected chi connectivity index (χ3v) is 6.20. The van der Waals surface area contributed by atoms with Crippen LogP contribution in [0.2, 0.25) is 0 Å². The molecule has 3 aromatic rings. The molecular formula is C25H28N2O3S. The lowest BCUT2D eigenvalue weighted by Crippen LogP contribution is -2.29. The van der Waals surface area contributed by atoms with E-state index in [1.807, 2.05) is 49.4 Å². The van der Waals surface area contributed by atoms with Gasteiger partial charge in [-0.25, -0.2) is 8.42 Å². The smallest absolute Gasteiger partial charge is 0.255 e. The van der Waals surface area contributed by atoms with E-state index in [9.17, 15) is 13.2 Å². The topological polar surface area (TPSA) is 66.5 Å². The minimum Gasteiger partial charge on any atom is -0.322 e. The fourth-order valence-corrected chi connectivity index (χ4v) is 4.30. The normalized spacial score (nSPS) is 11.4. The SMILES string of the molecule is Cc1cccc(N(Cc2ccc(C(=O)Nc3ccccc3C(C)C)cc2)S(C)(=O)=O)c1. The van der Waals surface area contributed by atoms with Crippen LogP contribution >= 0.6 is 0 Å². The van der Waals surface area contributed by atoms with Crippen LogP contribution in [0.1, 0.15) is 46.8 Å². The Balaban J connectivity index is 1.78. The summed E-state index contributed by atoms with van der Waals surface area (Å²) in [4.78, 5) is 12.7. The van der Waals surface area contributed by atoms with Crippen LogP contribution in [0.5, 0.6) is 0 Å². The molecule has 0 radical (unpaired) electrons. The summed E-state index contributed by atoms with van der Waals surface area (Å²) in [5.74, 6) is 0.0979. The fourth-order valence-electron chi connectivity index (χ4n) is 3.42. The number of benzene rings is 3. The van der Waals surface area contributed by atoms with Crippen molar-refractivity contribution in [2.24, 2.45) is 0 Å². The number of anilines is 2. The predicted octanol–water partition coefficient (Wildman–Crippen LogP) is 5.34. The Labute approximate surface area is 184 Å². The second-order valence-corrected chi connectivity index (χ2v) is 9.91. The third kappa shape index (κ3) is 5.73. The van der Waals surface area contributed by atoms with Crippen molar-refractivity contribution in [2.45, 2.75) is 33.2 Å². The van der Waals surface area contributed by atoms with Crippen molar-refractivity contribution < 1.29 is 13.2 Å². The highest BCUT2D eigenvalue weighted by Crippen LogP contribution is 2.25. The number of aryl methyl sites for hydroxylation is 1. The van der Waals surface area contributed by atoms with E-state index in [4.69, 9.17) is 0 Å². The van der Waals surface area contributed by atoms with E-state index in [1.165, 1.54) is 10.6 Å². The molecule has 0 unspecified atom stereocenters. The number of nitrogens with one attached hydrogen (secondary N) is 1. The standard InChI is InChI=1S/C25H28N2O3S/c1-18(2)23-10-5-6-11-24(23)26-25(28)21-14-12-20(13-15-21)17-27(31(4,29)30)22-9-7-8-19(3)16-22/h5-16,18H,17H2,1-4H3,(H,26,28). The number of carbonyl (C=O) groups is 1. The summed E-state index contributed by atoms with van der Waals surface area (Å²) >= 11 is 0. The Morgan fingerprint density at radius 1 is 0.968 bits per heavy atom. The average Bonchev–Trinajstić information content (AvgIpc) is 2.71. The molecule has 0 saturated carbocycles. The quantitative estimate of drug-likeness (QED) is 0.544. The molecule has 31 heavy (non-hydrogen) atoms. The molecule has 0 aromatic heterocycles. The van der Waals surface area contributed by atoms with Crippen LogP contribution in [0, 0.1) is 6.92 Å². The highest BCUT2D eigenvalue weighted by atomic mass is 32.2. The van der Waals surface area contributed by atoms with Crippen LogP contribution < -0.4 is 9.62 Å². The van der Waals surface area contributed by atoms with Gasteiger partial charge in [0.2, 0.25) is 10.0 Å². The molecule has 1 amide bonds. The van der Waals surface area contributed by atoms with Gasteiger partial charge < -0.3 is 5.32 Å². The molecule has 3 rings (SSSR count). The summed E-state index contributed by atoms with van der Waals surface area (Å²) in [5.41, 5.74) is 4.80. The Kier molecular flexibility index (Phi) is 6.81. The molecule has 0 fully saturated rings. The molecule has 0 aliphatic heterocycles. The first-order valence-corrected chi connectivity index (χ1v) is 12.0. The number of sulfonamides is 1. The maximum absolute atomic E-state index is 12.7. The van der Waals surface area contributed by atoms with Crippen LogP contribution in [0.3, 0.4) is 0 Å². The van der Waals surface area contributed by atoms with Crippen molar-refractivity contribution in [3.8, 4) is 0 Å². The van der Waals surface area contributed by atoms with Crippen molar-refractivity contribution in [1.82, 2.24) is 0 Å². The van der Waals surface area contributed by atoms with Crippen molar-refractivity contribution in [3.63, 3.8) is 0 Å². The van der Waals surface area contributed by atoms with Gasteiger partial charge in [-0.15, -0.1) is 0 Å². The number of nitrogens with zero attached hydrogens (tertiary/aromatic N) is 1. The summed E-state index contributed by atoms with van der Waals surface area (Å²) in [5, 5.41) is 2.98. The van der Waals surface area contributed by atoms with Gasteiger partial charge >= 0.3 is 0 Å². The highest BCUT2D eigenvalue weighted by molar-refractivity contribution is 7.92. The molecule has 1 N–H and O–H groups in total. The first-order chi connectivity index (χ1) is 14.6. The lowest BCUT2D eigenvalue weighted by atomic mass is 10.0. The fraction of sp³-hybridized carbons (Fsp3) is 0.240. The number of carbonyl (C=O) groups excluding carboxylic acids is 1. The van der Waals surface area contributed by atoms with Crippen molar-refractivity contribution >= 4 is 27.3 Å². The van der Waals surface area contributed by atoms with E-state index in [-0.39, 0.29) is 12.5 Å². The molecule has 0 aliphatic carbocycles. The van der Waals surface area contributed by atoms with E-state index >= 15 is 0 Å². The number of rotatable bonds is 7. The Morgan fingerprint density at radius 2 is 1.65 bits per heavy atom. The first kappa shape index (κ1) is 22.6. The first-order valence-electron chi connectivity index (χ1n) is 10.2. The predicted molar refractivity (Wildman–Crippen MR) is 127 cm³/mol. The molecule has 3 aromatic carbocycles. The highest BCUT2D eigenvalue weighted by Gasteiger charge is 2.18. The van der Waals surface area contributed by atoms with E-state index in [0.29, 0.717) is 17.2 Å². The Bertz CT molecular complexity index is 1170. The van der Waals surface area contributed by atoms with Crippen LogP contribution in [0.25, 0.3) is 0 Å². The lowest BCUT2D eigenvalue weighted by molar-refractivity contribution is 0.102. The van der Waals surface area contributed by atoms with Crippen molar-refractivity contribution in [1.29, 1.82) is 0 Å². The summed E-state index contributed by atoms with van der Waals surface area (Å²) in [6.45, 7) is 6.29. The molecular weight excluding hydrogens is 408 g/mol. The van der Waals surface area contributed by atoms with E-state index in [0.717, 1.165) is 22.4 Å². The van der Waals surface area contributed by atoms with Crippen molar-refractivity contribution in [3.05, 3.63) is 95.1 Å². The van der Waals surface area contributed by atoms with Gasteiger partial charge in [0, 0.05) is 11.3 Å². The van der Waals surface area contributed by atoms with Crippen LogP contribution in [0.4, 0.5) is 11.4 Å². The van der Waals surface area contributed by atoms with E-state index < -0.39 is 10.0 Å². The van der Waals surface area contributed by atoms with Gasteiger partial charge in [-0.1, -0.05) is 56.3 Å². The molecule has 0 aliphatic rings. The number of para-hydroxylation sites is 1. The van der Waals surface area contributed by atoms with E-state index in [2.05, 4.69) is 19.2 Å². The third-order valence-electron chi connectivity index (χ3n) is 5.06. The van der Waals surface area contributed by atoms with Gasteiger partial charge in [0.1, 0.15) is 0 Å². The summed E-state index contributed by atoms with van der Waals surface area (Å²) in [6, 6.07) is 22.2. The van der Waals surface area contributed by atoms with E-state index in [1.54, 1.807) is 30.3 Å². The molecule has 0 heterocycles.